The van der Waals surface area contributed by atoms with Crippen LogP contribution in [0.3, 0.4) is 0 Å². The van der Waals surface area contributed by atoms with Gasteiger partial charge < -0.3 is 28.4 Å². The number of thioether (sulfide) groups is 2. The molecule has 0 fully saturated rings. The van der Waals surface area contributed by atoms with Gasteiger partial charge in [0.1, 0.15) is 0 Å². The van der Waals surface area contributed by atoms with E-state index >= 15 is 0 Å². The summed E-state index contributed by atoms with van der Waals surface area (Å²) < 4.78 is 35.4. The van der Waals surface area contributed by atoms with E-state index in [4.69, 9.17) is 28.4 Å². The van der Waals surface area contributed by atoms with Crippen molar-refractivity contribution in [2.75, 3.05) is 51.5 Å². The van der Waals surface area contributed by atoms with E-state index in [9.17, 15) is 0 Å². The van der Waals surface area contributed by atoms with Crippen LogP contribution in [0, 0.1) is 0 Å². The average Bonchev–Trinajstić information content (AvgIpc) is 2.85. The van der Waals surface area contributed by atoms with Crippen LogP contribution in [-0.4, -0.2) is 51.5 Å². The molecule has 6 nitrogen and oxygen atoms in total. The van der Waals surface area contributed by atoms with Gasteiger partial charge in [0.25, 0.3) is 0 Å². The molecule has 0 heterocycles. The molecule has 0 spiro atoms. The maximum absolute atomic E-state index is 6.11. The highest BCUT2D eigenvalue weighted by Crippen LogP contribution is 2.51. The van der Waals surface area contributed by atoms with Crippen LogP contribution in [-0.2, 0) is 9.47 Å². The molecule has 9 heteroatoms. The van der Waals surface area contributed by atoms with E-state index in [0.29, 0.717) is 51.5 Å². The van der Waals surface area contributed by atoms with Gasteiger partial charge in [-0.2, -0.15) is 0 Å². The lowest BCUT2D eigenvalue weighted by Gasteiger charge is -2.20. The van der Waals surface area contributed by atoms with E-state index in [2.05, 4.69) is 24.3 Å². The maximum atomic E-state index is 6.11. The molecule has 0 atom stereocenters. The molecular weight excluding hydrogens is 504 g/mol. The van der Waals surface area contributed by atoms with Crippen molar-refractivity contribution in [2.24, 2.45) is 0 Å². The fourth-order valence-corrected chi connectivity index (χ4v) is 5.71. The molecule has 0 aliphatic heterocycles. The summed E-state index contributed by atoms with van der Waals surface area (Å²) in [5.41, 5.74) is 0. The third-order valence-corrected chi connectivity index (χ3v) is 7.37. The van der Waals surface area contributed by atoms with Crippen molar-refractivity contribution >= 4 is 35.3 Å². The molecule has 0 aliphatic rings. The molecule has 196 valence electrons. The van der Waals surface area contributed by atoms with Crippen molar-refractivity contribution in [1.82, 2.24) is 0 Å². The van der Waals surface area contributed by atoms with Crippen LogP contribution in [0.4, 0.5) is 0 Å². The Kier molecular flexibility index (Phi) is 14.6. The first-order valence-electron chi connectivity index (χ1n) is 12.1. The zero-order valence-electron chi connectivity index (χ0n) is 21.6. The quantitative estimate of drug-likeness (QED) is 0.108. The van der Waals surface area contributed by atoms with E-state index in [1.807, 2.05) is 41.5 Å². The Balaban J connectivity index is 2.50. The van der Waals surface area contributed by atoms with Crippen molar-refractivity contribution in [3.05, 3.63) is 24.3 Å². The van der Waals surface area contributed by atoms with Crippen molar-refractivity contribution in [3.63, 3.8) is 0 Å². The number of ether oxygens (including phenoxy) is 6. The summed E-state index contributed by atoms with van der Waals surface area (Å²) in [6, 6.07) is 8.27. The molecule has 0 aliphatic carbocycles. The minimum absolute atomic E-state index is 0.530. The van der Waals surface area contributed by atoms with Gasteiger partial charge in [0.2, 0.25) is 0 Å². The van der Waals surface area contributed by atoms with Crippen LogP contribution < -0.4 is 18.9 Å². The smallest absolute Gasteiger partial charge is 0.176 e. The highest BCUT2D eigenvalue weighted by atomic mass is 32.2. The van der Waals surface area contributed by atoms with E-state index in [1.54, 1.807) is 35.3 Å². The largest absolute Gasteiger partial charge is 0.489 e. The van der Waals surface area contributed by atoms with Gasteiger partial charge in [-0.3, -0.25) is 0 Å². The van der Waals surface area contributed by atoms with Gasteiger partial charge in [0, 0.05) is 13.2 Å². The summed E-state index contributed by atoms with van der Waals surface area (Å²) in [6.07, 6.45) is 0. The average molecular weight is 543 g/mol. The standard InChI is InChI=1S/C26H38O6S3/c1-7-27-17-33-19-13-15-21(25(31-11-5)23(19)29-9-3)35-22-16-14-20(34-18-28-8-2)24(30-10-4)26(22)32-12-6/h13-16H,7-12,17-18H2,1-6H3. The second-order valence-electron chi connectivity index (χ2n) is 6.78. The molecular formula is C26H38O6S3. The predicted molar refractivity (Wildman–Crippen MR) is 146 cm³/mol. The van der Waals surface area contributed by atoms with Crippen LogP contribution in [0.15, 0.2) is 43.8 Å². The molecule has 0 saturated carbocycles. The Morgan fingerprint density at radius 3 is 1.09 bits per heavy atom. The Bertz CT molecular complexity index is 822. The number of hydrogen-bond donors (Lipinski definition) is 0. The molecule has 0 amide bonds. The molecule has 0 radical (unpaired) electrons. The van der Waals surface area contributed by atoms with E-state index in [1.165, 1.54) is 0 Å². The fourth-order valence-electron chi connectivity index (χ4n) is 3.06. The summed E-state index contributed by atoms with van der Waals surface area (Å²) >= 11 is 4.79. The molecule has 2 rings (SSSR count). The van der Waals surface area contributed by atoms with Crippen molar-refractivity contribution in [1.29, 1.82) is 0 Å². The minimum Gasteiger partial charge on any atom is -0.489 e. The Morgan fingerprint density at radius 2 is 0.771 bits per heavy atom. The van der Waals surface area contributed by atoms with Crippen LogP contribution in [0.2, 0.25) is 0 Å². The summed E-state index contributed by atoms with van der Waals surface area (Å²) in [4.78, 5) is 3.90. The highest BCUT2D eigenvalue weighted by molar-refractivity contribution is 8.00. The first kappa shape index (κ1) is 29.8. The Morgan fingerprint density at radius 1 is 0.457 bits per heavy atom. The fraction of sp³-hybridized carbons (Fsp3) is 0.538. The van der Waals surface area contributed by atoms with Crippen LogP contribution >= 0.6 is 35.3 Å². The van der Waals surface area contributed by atoms with Gasteiger partial charge in [0.15, 0.2) is 23.0 Å². The third kappa shape index (κ3) is 8.89. The molecule has 2 aromatic carbocycles. The lowest BCUT2D eigenvalue weighted by atomic mass is 10.3. The van der Waals surface area contributed by atoms with E-state index in [-0.39, 0.29) is 0 Å². The van der Waals surface area contributed by atoms with Gasteiger partial charge in [0.05, 0.1) is 57.9 Å². The van der Waals surface area contributed by atoms with Gasteiger partial charge in [-0.15, -0.1) is 0 Å². The zero-order chi connectivity index (χ0) is 25.5. The van der Waals surface area contributed by atoms with Crippen molar-refractivity contribution < 1.29 is 28.4 Å². The number of benzene rings is 2. The van der Waals surface area contributed by atoms with E-state index in [0.717, 1.165) is 42.6 Å². The Hall–Kier alpha value is -1.39. The monoisotopic (exact) mass is 542 g/mol. The zero-order valence-corrected chi connectivity index (χ0v) is 24.1. The second-order valence-corrected chi connectivity index (χ2v) is 9.80. The molecule has 2 aromatic rings. The summed E-state index contributed by atoms with van der Waals surface area (Å²) in [7, 11) is 0. The van der Waals surface area contributed by atoms with Gasteiger partial charge in [-0.25, -0.2) is 0 Å². The molecule has 0 saturated heterocycles. The second kappa shape index (κ2) is 17.1. The summed E-state index contributed by atoms with van der Waals surface area (Å²) in [6.45, 7) is 15.4. The lowest BCUT2D eigenvalue weighted by molar-refractivity contribution is 0.199. The Labute approximate surface area is 223 Å². The van der Waals surface area contributed by atoms with Crippen LogP contribution in [0.1, 0.15) is 41.5 Å². The summed E-state index contributed by atoms with van der Waals surface area (Å²) in [5.74, 6) is 4.07. The van der Waals surface area contributed by atoms with Crippen molar-refractivity contribution in [2.45, 2.75) is 61.1 Å². The topological polar surface area (TPSA) is 55.4 Å². The van der Waals surface area contributed by atoms with Gasteiger partial charge in [-0.05, 0) is 65.8 Å². The molecule has 0 bridgehead atoms. The van der Waals surface area contributed by atoms with E-state index < -0.39 is 0 Å². The summed E-state index contributed by atoms with van der Waals surface area (Å²) in [5, 5.41) is 0. The number of hydrogen-bond acceptors (Lipinski definition) is 9. The normalized spacial score (nSPS) is 10.9. The SMILES string of the molecule is CCOCSc1ccc(Sc2ccc(SCOCC)c(OCC)c2OCC)c(OCC)c1OCC. The third-order valence-electron chi connectivity index (χ3n) is 4.46. The van der Waals surface area contributed by atoms with Crippen molar-refractivity contribution in [3.8, 4) is 23.0 Å². The molecule has 35 heavy (non-hydrogen) atoms. The molecule has 0 unspecified atom stereocenters. The number of rotatable bonds is 18. The van der Waals surface area contributed by atoms with Crippen LogP contribution in [0.5, 0.6) is 23.0 Å². The van der Waals surface area contributed by atoms with Crippen LogP contribution in [0.25, 0.3) is 0 Å². The lowest BCUT2D eigenvalue weighted by Crippen LogP contribution is -2.03. The molecule has 0 N–H and O–H groups in total. The van der Waals surface area contributed by atoms with Gasteiger partial charge >= 0.3 is 0 Å². The first-order chi connectivity index (χ1) is 17.1. The predicted octanol–water partition coefficient (Wildman–Crippen LogP) is 7.60. The highest BCUT2D eigenvalue weighted by Gasteiger charge is 2.22. The maximum Gasteiger partial charge on any atom is 0.176 e. The minimum atomic E-state index is 0.530. The first-order valence-corrected chi connectivity index (χ1v) is 14.9. The molecule has 0 aromatic heterocycles. The van der Waals surface area contributed by atoms with Gasteiger partial charge in [-0.1, -0.05) is 35.3 Å².